The van der Waals surface area contributed by atoms with Gasteiger partial charge in [0.25, 0.3) is 0 Å². The van der Waals surface area contributed by atoms with Gasteiger partial charge in [-0.3, -0.25) is 5.32 Å². The fourth-order valence-corrected chi connectivity index (χ4v) is 1.38. The van der Waals surface area contributed by atoms with Crippen molar-refractivity contribution in [2.24, 2.45) is 0 Å². The monoisotopic (exact) mass is 185 g/mol. The Hall–Kier alpha value is -1.72. The van der Waals surface area contributed by atoms with E-state index in [1.165, 1.54) is 0 Å². The van der Waals surface area contributed by atoms with Crippen molar-refractivity contribution in [2.75, 3.05) is 6.54 Å². The molecule has 0 amide bonds. The van der Waals surface area contributed by atoms with Gasteiger partial charge in [0.05, 0.1) is 13.1 Å². The Balaban J connectivity index is 2.15. The molecule has 1 aromatic heterocycles. The van der Waals surface area contributed by atoms with E-state index in [2.05, 4.69) is 11.2 Å². The van der Waals surface area contributed by atoms with Crippen LogP contribution in [0, 0.1) is 12.3 Å². The molecule has 0 unspecified atom stereocenters. The zero-order valence-corrected chi connectivity index (χ0v) is 7.79. The average molecular weight is 185 g/mol. The molecule has 1 aromatic carbocycles. The molecule has 14 heavy (non-hydrogen) atoms. The summed E-state index contributed by atoms with van der Waals surface area (Å²) in [6, 6.07) is 9.98. The molecule has 1 heterocycles. The largest absolute Gasteiger partial charge is 0.460 e. The first-order valence-corrected chi connectivity index (χ1v) is 4.52. The van der Waals surface area contributed by atoms with Crippen LogP contribution in [0.25, 0.3) is 11.0 Å². The molecule has 0 spiro atoms. The van der Waals surface area contributed by atoms with Crippen LogP contribution in [0.4, 0.5) is 0 Å². The molecule has 0 aliphatic rings. The maximum Gasteiger partial charge on any atom is 0.134 e. The van der Waals surface area contributed by atoms with Crippen LogP contribution in [0.15, 0.2) is 34.7 Å². The SMILES string of the molecule is C#CCNCc1cc2ccccc2o1. The van der Waals surface area contributed by atoms with E-state index in [9.17, 15) is 0 Å². The third-order valence-corrected chi connectivity index (χ3v) is 2.00. The van der Waals surface area contributed by atoms with Crippen LogP contribution in [0.1, 0.15) is 5.76 Å². The maximum atomic E-state index is 5.58. The smallest absolute Gasteiger partial charge is 0.134 e. The molecule has 2 heteroatoms. The van der Waals surface area contributed by atoms with E-state index in [-0.39, 0.29) is 0 Å². The van der Waals surface area contributed by atoms with Gasteiger partial charge in [-0.05, 0) is 12.1 Å². The first kappa shape index (κ1) is 8.86. The van der Waals surface area contributed by atoms with Crippen molar-refractivity contribution in [3.05, 3.63) is 36.1 Å². The quantitative estimate of drug-likeness (QED) is 0.585. The third kappa shape index (κ3) is 1.78. The number of terminal acetylenes is 1. The van der Waals surface area contributed by atoms with Gasteiger partial charge in [0.1, 0.15) is 11.3 Å². The van der Waals surface area contributed by atoms with Crippen molar-refractivity contribution in [3.63, 3.8) is 0 Å². The molecule has 0 saturated carbocycles. The number of fused-ring (bicyclic) bond motifs is 1. The van der Waals surface area contributed by atoms with Gasteiger partial charge in [0.2, 0.25) is 0 Å². The van der Waals surface area contributed by atoms with Gasteiger partial charge in [-0.2, -0.15) is 0 Å². The highest BCUT2D eigenvalue weighted by molar-refractivity contribution is 5.77. The normalized spacial score (nSPS) is 10.2. The second-order valence-corrected chi connectivity index (χ2v) is 3.06. The van der Waals surface area contributed by atoms with Gasteiger partial charge in [0, 0.05) is 5.39 Å². The second kappa shape index (κ2) is 3.99. The van der Waals surface area contributed by atoms with Crippen LogP contribution < -0.4 is 5.32 Å². The molecule has 0 saturated heterocycles. The predicted octanol–water partition coefficient (Wildman–Crippen LogP) is 2.16. The molecule has 1 N–H and O–H groups in total. The number of nitrogens with one attached hydrogen (secondary N) is 1. The Labute approximate surface area is 82.9 Å². The topological polar surface area (TPSA) is 25.2 Å². The Bertz CT molecular complexity index is 431. The summed E-state index contributed by atoms with van der Waals surface area (Å²) in [6.07, 6.45) is 5.12. The van der Waals surface area contributed by atoms with E-state index in [1.54, 1.807) is 0 Å². The lowest BCUT2D eigenvalue weighted by Gasteiger charge is -1.94. The lowest BCUT2D eigenvalue weighted by atomic mass is 10.2. The number of furan rings is 1. The minimum absolute atomic E-state index is 0.567. The second-order valence-electron chi connectivity index (χ2n) is 3.06. The van der Waals surface area contributed by atoms with Crippen molar-refractivity contribution >= 4 is 11.0 Å². The third-order valence-electron chi connectivity index (χ3n) is 2.00. The van der Waals surface area contributed by atoms with Gasteiger partial charge >= 0.3 is 0 Å². The van der Waals surface area contributed by atoms with Gasteiger partial charge in [-0.1, -0.05) is 24.1 Å². The molecule has 70 valence electrons. The summed E-state index contributed by atoms with van der Waals surface area (Å²) in [4.78, 5) is 0. The Morgan fingerprint density at radius 1 is 1.36 bits per heavy atom. The summed E-state index contributed by atoms with van der Waals surface area (Å²) >= 11 is 0. The lowest BCUT2D eigenvalue weighted by Crippen LogP contribution is -2.12. The zero-order valence-electron chi connectivity index (χ0n) is 7.79. The molecule has 0 atom stereocenters. The number of rotatable bonds is 3. The van der Waals surface area contributed by atoms with E-state index in [0.29, 0.717) is 13.1 Å². The summed E-state index contributed by atoms with van der Waals surface area (Å²) in [5.74, 6) is 3.44. The summed E-state index contributed by atoms with van der Waals surface area (Å²) in [6.45, 7) is 1.25. The van der Waals surface area contributed by atoms with Gasteiger partial charge in [-0.15, -0.1) is 6.42 Å². The van der Waals surface area contributed by atoms with Crippen molar-refractivity contribution in [3.8, 4) is 12.3 Å². The van der Waals surface area contributed by atoms with Crippen LogP contribution in [0.2, 0.25) is 0 Å². The highest BCUT2D eigenvalue weighted by atomic mass is 16.3. The Kier molecular flexibility index (Phi) is 2.53. The fraction of sp³-hybridized carbons (Fsp3) is 0.167. The van der Waals surface area contributed by atoms with Crippen LogP contribution in [0.3, 0.4) is 0 Å². The number of para-hydroxylation sites is 1. The molecule has 2 rings (SSSR count). The van der Waals surface area contributed by atoms with E-state index >= 15 is 0 Å². The standard InChI is InChI=1S/C12H11NO/c1-2-7-13-9-11-8-10-5-3-4-6-12(10)14-11/h1,3-6,8,13H,7,9H2. The number of hydrogen-bond acceptors (Lipinski definition) is 2. The highest BCUT2D eigenvalue weighted by Crippen LogP contribution is 2.18. The van der Waals surface area contributed by atoms with Crippen LogP contribution in [-0.4, -0.2) is 6.54 Å². The minimum Gasteiger partial charge on any atom is -0.460 e. The average Bonchev–Trinajstić information content (AvgIpc) is 2.60. The molecule has 0 fully saturated rings. The predicted molar refractivity (Wildman–Crippen MR) is 56.8 cm³/mol. The van der Waals surface area contributed by atoms with Crippen molar-refractivity contribution in [2.45, 2.75) is 6.54 Å². The van der Waals surface area contributed by atoms with E-state index in [4.69, 9.17) is 10.8 Å². The van der Waals surface area contributed by atoms with E-state index < -0.39 is 0 Å². The first-order valence-electron chi connectivity index (χ1n) is 4.52. The summed E-state index contributed by atoms with van der Waals surface area (Å²) in [5.41, 5.74) is 0.921. The van der Waals surface area contributed by atoms with Gasteiger partial charge < -0.3 is 4.42 Å². The zero-order chi connectivity index (χ0) is 9.80. The van der Waals surface area contributed by atoms with Crippen molar-refractivity contribution in [1.82, 2.24) is 5.32 Å². The Morgan fingerprint density at radius 3 is 3.00 bits per heavy atom. The van der Waals surface area contributed by atoms with Crippen LogP contribution in [-0.2, 0) is 6.54 Å². The van der Waals surface area contributed by atoms with Gasteiger partial charge in [0.15, 0.2) is 0 Å². The molecular formula is C12H11NO. The van der Waals surface area contributed by atoms with Crippen molar-refractivity contribution < 1.29 is 4.42 Å². The lowest BCUT2D eigenvalue weighted by molar-refractivity contribution is 0.525. The molecule has 0 aliphatic carbocycles. The van der Waals surface area contributed by atoms with Crippen molar-refractivity contribution in [1.29, 1.82) is 0 Å². The summed E-state index contributed by atoms with van der Waals surface area (Å²) in [7, 11) is 0. The molecule has 2 nitrogen and oxygen atoms in total. The van der Waals surface area contributed by atoms with Crippen LogP contribution in [0.5, 0.6) is 0 Å². The van der Waals surface area contributed by atoms with Gasteiger partial charge in [-0.25, -0.2) is 0 Å². The van der Waals surface area contributed by atoms with E-state index in [0.717, 1.165) is 16.7 Å². The molecule has 0 bridgehead atoms. The highest BCUT2D eigenvalue weighted by Gasteiger charge is 2.00. The molecular weight excluding hydrogens is 174 g/mol. The number of hydrogen-bond donors (Lipinski definition) is 1. The number of benzene rings is 1. The minimum atomic E-state index is 0.567. The maximum absolute atomic E-state index is 5.58. The summed E-state index contributed by atoms with van der Waals surface area (Å²) < 4.78 is 5.58. The summed E-state index contributed by atoms with van der Waals surface area (Å²) in [5, 5.41) is 4.21. The first-order chi connectivity index (χ1) is 6.90. The Morgan fingerprint density at radius 2 is 2.21 bits per heavy atom. The van der Waals surface area contributed by atoms with E-state index in [1.807, 2.05) is 30.3 Å². The fourth-order valence-electron chi connectivity index (χ4n) is 1.38. The molecule has 2 aromatic rings. The van der Waals surface area contributed by atoms with Crippen LogP contribution >= 0.6 is 0 Å². The molecule has 0 aliphatic heterocycles. The molecule has 0 radical (unpaired) electrons.